The molecule has 0 heterocycles. The molecule has 0 fully saturated rings. The molecule has 2 aromatic rings. The van der Waals surface area contributed by atoms with Gasteiger partial charge in [-0.15, -0.1) is 0 Å². The first-order valence-electron chi connectivity index (χ1n) is 5.65. The molecule has 2 aromatic carbocycles. The van der Waals surface area contributed by atoms with Crippen molar-refractivity contribution in [3.63, 3.8) is 0 Å². The van der Waals surface area contributed by atoms with Gasteiger partial charge in [-0.05, 0) is 30.3 Å². The fraction of sp³-hybridized carbons (Fsp3) is 0.0714. The van der Waals surface area contributed by atoms with Gasteiger partial charge < -0.3 is 10.5 Å². The zero-order chi connectivity index (χ0) is 15.6. The van der Waals surface area contributed by atoms with Gasteiger partial charge in [0.1, 0.15) is 23.1 Å². The van der Waals surface area contributed by atoms with Crippen LogP contribution in [0.2, 0.25) is 5.02 Å². The second kappa shape index (κ2) is 5.54. The Balaban J connectivity index is 2.50. The lowest BCUT2D eigenvalue weighted by Crippen LogP contribution is -2.08. The van der Waals surface area contributed by atoms with E-state index in [1.807, 2.05) is 6.07 Å². The van der Waals surface area contributed by atoms with Crippen molar-refractivity contribution in [3.8, 4) is 17.6 Å². The third kappa shape index (κ3) is 3.38. The zero-order valence-corrected chi connectivity index (χ0v) is 11.2. The summed E-state index contributed by atoms with van der Waals surface area (Å²) in [5.74, 6) is -0.504. The molecule has 0 amide bonds. The Morgan fingerprint density at radius 3 is 2.43 bits per heavy atom. The number of halogens is 4. The van der Waals surface area contributed by atoms with Crippen LogP contribution in [0.3, 0.4) is 0 Å². The van der Waals surface area contributed by atoms with Gasteiger partial charge in [-0.3, -0.25) is 0 Å². The van der Waals surface area contributed by atoms with E-state index in [1.165, 1.54) is 24.3 Å². The zero-order valence-electron chi connectivity index (χ0n) is 10.4. The van der Waals surface area contributed by atoms with Gasteiger partial charge >= 0.3 is 6.18 Å². The average Bonchev–Trinajstić information content (AvgIpc) is 2.40. The molecule has 0 aliphatic rings. The van der Waals surface area contributed by atoms with Crippen LogP contribution in [-0.2, 0) is 6.18 Å². The van der Waals surface area contributed by atoms with Crippen LogP contribution in [0, 0.1) is 11.3 Å². The molecule has 0 spiro atoms. The number of benzene rings is 2. The minimum Gasteiger partial charge on any atom is -0.455 e. The van der Waals surface area contributed by atoms with Gasteiger partial charge in [-0.1, -0.05) is 11.6 Å². The van der Waals surface area contributed by atoms with Crippen molar-refractivity contribution in [1.82, 2.24) is 0 Å². The lowest BCUT2D eigenvalue weighted by atomic mass is 10.1. The highest BCUT2D eigenvalue weighted by Crippen LogP contribution is 2.40. The molecule has 108 valence electrons. The standard InChI is InChI=1S/C14H8ClF3N2O/c15-9-2-1-8(7-19)13(5-9)21-12-4-3-10(20)6-11(12)14(16,17)18/h1-6H,20H2. The third-order valence-corrected chi connectivity index (χ3v) is 2.83. The topological polar surface area (TPSA) is 59.0 Å². The summed E-state index contributed by atoms with van der Waals surface area (Å²) in [4.78, 5) is 0. The van der Waals surface area contributed by atoms with E-state index in [0.717, 1.165) is 12.1 Å². The van der Waals surface area contributed by atoms with Crippen LogP contribution in [0.15, 0.2) is 36.4 Å². The Labute approximate surface area is 123 Å². The first kappa shape index (κ1) is 15.0. The van der Waals surface area contributed by atoms with Crippen molar-refractivity contribution >= 4 is 17.3 Å². The van der Waals surface area contributed by atoms with E-state index in [0.29, 0.717) is 0 Å². The molecular formula is C14H8ClF3N2O. The molecule has 0 aliphatic heterocycles. The lowest BCUT2D eigenvalue weighted by Gasteiger charge is -2.15. The van der Waals surface area contributed by atoms with E-state index >= 15 is 0 Å². The van der Waals surface area contributed by atoms with E-state index in [1.54, 1.807) is 0 Å². The Morgan fingerprint density at radius 1 is 1.10 bits per heavy atom. The molecule has 0 bridgehead atoms. The van der Waals surface area contributed by atoms with Crippen LogP contribution < -0.4 is 10.5 Å². The molecule has 0 radical (unpaired) electrons. The molecule has 21 heavy (non-hydrogen) atoms. The highest BCUT2D eigenvalue weighted by Gasteiger charge is 2.35. The third-order valence-electron chi connectivity index (χ3n) is 2.59. The van der Waals surface area contributed by atoms with E-state index < -0.39 is 17.5 Å². The van der Waals surface area contributed by atoms with Gasteiger partial charge in [0, 0.05) is 16.8 Å². The molecule has 0 aromatic heterocycles. The van der Waals surface area contributed by atoms with Gasteiger partial charge in [0.15, 0.2) is 0 Å². The largest absolute Gasteiger partial charge is 0.455 e. The monoisotopic (exact) mass is 312 g/mol. The minimum atomic E-state index is -4.63. The molecule has 3 nitrogen and oxygen atoms in total. The van der Waals surface area contributed by atoms with Gasteiger partial charge in [0.2, 0.25) is 0 Å². The Morgan fingerprint density at radius 2 is 1.81 bits per heavy atom. The fourth-order valence-electron chi connectivity index (χ4n) is 1.65. The highest BCUT2D eigenvalue weighted by molar-refractivity contribution is 6.30. The van der Waals surface area contributed by atoms with Gasteiger partial charge in [-0.2, -0.15) is 18.4 Å². The van der Waals surface area contributed by atoms with E-state index in [2.05, 4.69) is 0 Å². The summed E-state index contributed by atoms with van der Waals surface area (Å²) in [5.41, 5.74) is 4.38. The van der Waals surface area contributed by atoms with Crippen molar-refractivity contribution in [1.29, 1.82) is 5.26 Å². The summed E-state index contributed by atoms with van der Waals surface area (Å²) in [6, 6.07) is 9.05. The van der Waals surface area contributed by atoms with E-state index in [9.17, 15) is 13.2 Å². The summed E-state index contributed by atoms with van der Waals surface area (Å²) in [6.07, 6.45) is -4.63. The minimum absolute atomic E-state index is 0.0405. The average molecular weight is 313 g/mol. The highest BCUT2D eigenvalue weighted by atomic mass is 35.5. The molecule has 2 rings (SSSR count). The summed E-state index contributed by atoms with van der Waals surface area (Å²) in [7, 11) is 0. The second-order valence-corrected chi connectivity index (χ2v) is 4.54. The van der Waals surface area contributed by atoms with Crippen LogP contribution in [-0.4, -0.2) is 0 Å². The number of nitriles is 1. The first-order valence-corrected chi connectivity index (χ1v) is 6.03. The van der Waals surface area contributed by atoms with Crippen molar-refractivity contribution in [2.75, 3.05) is 5.73 Å². The van der Waals surface area contributed by atoms with Crippen molar-refractivity contribution in [2.24, 2.45) is 0 Å². The van der Waals surface area contributed by atoms with Crippen LogP contribution in [0.4, 0.5) is 18.9 Å². The molecule has 2 N–H and O–H groups in total. The van der Waals surface area contributed by atoms with E-state index in [4.69, 9.17) is 27.3 Å². The molecular weight excluding hydrogens is 305 g/mol. The Hall–Kier alpha value is -2.39. The Kier molecular flexibility index (Phi) is 3.96. The molecule has 7 heteroatoms. The molecule has 0 saturated carbocycles. The predicted octanol–water partition coefficient (Wildman–Crippen LogP) is 4.60. The van der Waals surface area contributed by atoms with Gasteiger partial charge in [-0.25, -0.2) is 0 Å². The smallest absolute Gasteiger partial charge is 0.420 e. The van der Waals surface area contributed by atoms with Gasteiger partial charge in [0.05, 0.1) is 5.56 Å². The van der Waals surface area contributed by atoms with Crippen molar-refractivity contribution in [3.05, 3.63) is 52.5 Å². The van der Waals surface area contributed by atoms with Crippen molar-refractivity contribution in [2.45, 2.75) is 6.18 Å². The van der Waals surface area contributed by atoms with E-state index in [-0.39, 0.29) is 22.0 Å². The SMILES string of the molecule is N#Cc1ccc(Cl)cc1Oc1ccc(N)cc1C(F)(F)F. The predicted molar refractivity (Wildman–Crippen MR) is 72.1 cm³/mol. The Bertz CT molecular complexity index is 723. The maximum Gasteiger partial charge on any atom is 0.420 e. The molecule has 0 atom stereocenters. The summed E-state index contributed by atoms with van der Waals surface area (Å²) < 4.78 is 44.1. The number of nitrogen functional groups attached to an aromatic ring is 1. The van der Waals surface area contributed by atoms with Crippen LogP contribution in [0.1, 0.15) is 11.1 Å². The molecule has 0 saturated heterocycles. The summed E-state index contributed by atoms with van der Waals surface area (Å²) >= 11 is 5.76. The number of alkyl halides is 3. The van der Waals surface area contributed by atoms with Gasteiger partial charge in [0.25, 0.3) is 0 Å². The van der Waals surface area contributed by atoms with Crippen molar-refractivity contribution < 1.29 is 17.9 Å². The molecule has 0 unspecified atom stereocenters. The maximum absolute atomic E-state index is 13.0. The summed E-state index contributed by atoms with van der Waals surface area (Å²) in [6.45, 7) is 0. The van der Waals surface area contributed by atoms with Crippen LogP contribution in [0.5, 0.6) is 11.5 Å². The summed E-state index contributed by atoms with van der Waals surface area (Å²) in [5, 5.41) is 9.19. The normalized spacial score (nSPS) is 11.0. The number of nitrogens with two attached hydrogens (primary N) is 1. The number of hydrogen-bond donors (Lipinski definition) is 1. The van der Waals surface area contributed by atoms with Crippen LogP contribution in [0.25, 0.3) is 0 Å². The number of ether oxygens (including phenoxy) is 1. The molecule has 0 aliphatic carbocycles. The fourth-order valence-corrected chi connectivity index (χ4v) is 1.81. The number of rotatable bonds is 2. The second-order valence-electron chi connectivity index (χ2n) is 4.11. The maximum atomic E-state index is 13.0. The number of nitrogens with zero attached hydrogens (tertiary/aromatic N) is 1. The number of anilines is 1. The number of hydrogen-bond acceptors (Lipinski definition) is 3. The first-order chi connectivity index (χ1) is 9.81. The quantitative estimate of drug-likeness (QED) is 0.824. The lowest BCUT2D eigenvalue weighted by molar-refractivity contribution is -0.138. The van der Waals surface area contributed by atoms with Crippen LogP contribution >= 0.6 is 11.6 Å².